The number of Topliss-reactive ketones (excluding diaryl/α,β-unsaturated/α-hetero) is 1. The number of hydrogen-bond donors (Lipinski definition) is 1. The van der Waals surface area contributed by atoms with Gasteiger partial charge in [-0.25, -0.2) is 8.42 Å². The monoisotopic (exact) mass is 490 g/mol. The zero-order valence-electron chi connectivity index (χ0n) is 20.4. The van der Waals surface area contributed by atoms with Crippen molar-refractivity contribution in [3.63, 3.8) is 0 Å². The smallest absolute Gasteiger partial charge is 0.303 e. The number of ketones is 1. The van der Waals surface area contributed by atoms with Crippen molar-refractivity contribution < 1.29 is 27.9 Å². The lowest BCUT2D eigenvalue weighted by molar-refractivity contribution is -0.159. The van der Waals surface area contributed by atoms with Crippen molar-refractivity contribution in [2.24, 2.45) is 0 Å². The molecule has 1 aliphatic carbocycles. The van der Waals surface area contributed by atoms with Gasteiger partial charge in [0.25, 0.3) is 0 Å². The first kappa shape index (κ1) is 28.0. The molecule has 0 aliphatic heterocycles. The fourth-order valence-electron chi connectivity index (χ4n) is 4.24. The normalized spacial score (nSPS) is 19.0. The van der Waals surface area contributed by atoms with Crippen molar-refractivity contribution in [2.75, 3.05) is 0 Å². The molecule has 0 radical (unpaired) electrons. The Morgan fingerprint density at radius 3 is 2.09 bits per heavy atom. The summed E-state index contributed by atoms with van der Waals surface area (Å²) in [6, 6.07) is 7.80. The van der Waals surface area contributed by atoms with Crippen LogP contribution in [0.1, 0.15) is 84.5 Å². The molecule has 1 aromatic carbocycles. The van der Waals surface area contributed by atoms with Gasteiger partial charge >= 0.3 is 5.97 Å². The zero-order chi connectivity index (χ0) is 25.0. The highest BCUT2D eigenvalue weighted by Gasteiger charge is 2.45. The van der Waals surface area contributed by atoms with Gasteiger partial charge < -0.3 is 9.84 Å². The van der Waals surface area contributed by atoms with E-state index < -0.39 is 27.2 Å². The van der Waals surface area contributed by atoms with Crippen molar-refractivity contribution in [1.29, 1.82) is 0 Å². The average molecular weight is 491 g/mol. The number of aliphatic hydroxyl groups is 1. The molecule has 0 spiro atoms. The van der Waals surface area contributed by atoms with E-state index in [1.165, 1.54) is 50.1 Å². The number of carbonyl (C=O) groups is 2. The summed E-state index contributed by atoms with van der Waals surface area (Å²) >= 11 is 0. The maximum absolute atomic E-state index is 13.3. The molecule has 0 saturated carbocycles. The van der Waals surface area contributed by atoms with Crippen LogP contribution in [0.25, 0.3) is 0 Å². The van der Waals surface area contributed by atoms with Crippen molar-refractivity contribution in [3.8, 4) is 0 Å². The van der Waals surface area contributed by atoms with Crippen LogP contribution in [0.3, 0.4) is 0 Å². The summed E-state index contributed by atoms with van der Waals surface area (Å²) in [5, 5.41) is 9.27. The van der Waals surface area contributed by atoms with E-state index in [2.05, 4.69) is 0 Å². The summed E-state index contributed by atoms with van der Waals surface area (Å²) in [5.41, 5.74) is -1.58. The average Bonchev–Trinajstić information content (AvgIpc) is 2.79. The molecule has 1 N–H and O–H groups in total. The predicted molar refractivity (Wildman–Crippen MR) is 133 cm³/mol. The van der Waals surface area contributed by atoms with Gasteiger partial charge in [-0.2, -0.15) is 0 Å². The van der Waals surface area contributed by atoms with Crippen LogP contribution in [0, 0.1) is 0 Å². The van der Waals surface area contributed by atoms with Crippen LogP contribution in [-0.2, 0) is 24.2 Å². The highest BCUT2D eigenvalue weighted by Crippen LogP contribution is 2.34. The molecule has 0 bridgehead atoms. The number of hydrogen-bond acceptors (Lipinski definition) is 6. The molecule has 0 heterocycles. The third-order valence-electron chi connectivity index (χ3n) is 6.06. The SMILES string of the molecule is CC(=O)OC1(CCCCCCCCCCCC(C)O)C=CC=C(S(=O)(=O)c2ccccc2)C1=O. The number of carbonyl (C=O) groups excluding carboxylic acids is 2. The molecule has 188 valence electrons. The first-order valence-electron chi connectivity index (χ1n) is 12.3. The van der Waals surface area contributed by atoms with Crippen molar-refractivity contribution in [2.45, 2.75) is 101 Å². The number of sulfone groups is 1. The van der Waals surface area contributed by atoms with Gasteiger partial charge in [0.1, 0.15) is 4.91 Å². The minimum atomic E-state index is -4.02. The molecule has 0 aromatic heterocycles. The first-order chi connectivity index (χ1) is 16.2. The Morgan fingerprint density at radius 1 is 0.971 bits per heavy atom. The van der Waals surface area contributed by atoms with Crippen LogP contribution in [0.2, 0.25) is 0 Å². The molecule has 2 atom stereocenters. The Kier molecular flexibility index (Phi) is 11.2. The van der Waals surface area contributed by atoms with Gasteiger partial charge in [-0.3, -0.25) is 9.59 Å². The fraction of sp³-hybridized carbons (Fsp3) is 0.556. The molecule has 6 nitrogen and oxygen atoms in total. The molecule has 0 amide bonds. The Bertz CT molecular complexity index is 962. The third kappa shape index (κ3) is 8.20. The van der Waals surface area contributed by atoms with Gasteiger partial charge in [-0.15, -0.1) is 0 Å². The van der Waals surface area contributed by atoms with E-state index in [9.17, 15) is 23.1 Å². The van der Waals surface area contributed by atoms with E-state index in [1.54, 1.807) is 18.2 Å². The Balaban J connectivity index is 1.89. The Hall–Kier alpha value is -2.25. The maximum atomic E-state index is 13.3. The second-order valence-corrected chi connectivity index (χ2v) is 11.0. The van der Waals surface area contributed by atoms with Gasteiger partial charge in [-0.1, -0.05) is 75.6 Å². The molecule has 0 saturated heterocycles. The second kappa shape index (κ2) is 13.6. The Labute approximate surface area is 204 Å². The van der Waals surface area contributed by atoms with Gasteiger partial charge in [0, 0.05) is 6.92 Å². The number of aliphatic hydroxyl groups excluding tert-OH is 1. The minimum Gasteiger partial charge on any atom is -0.446 e. The minimum absolute atomic E-state index is 0.0347. The third-order valence-corrected chi connectivity index (χ3v) is 7.85. The molecular weight excluding hydrogens is 452 g/mol. The van der Waals surface area contributed by atoms with Crippen LogP contribution in [0.5, 0.6) is 0 Å². The van der Waals surface area contributed by atoms with E-state index in [0.717, 1.165) is 44.9 Å². The number of esters is 1. The van der Waals surface area contributed by atoms with Crippen LogP contribution in [-0.4, -0.2) is 37.0 Å². The topological polar surface area (TPSA) is 97.7 Å². The summed E-state index contributed by atoms with van der Waals surface area (Å²) < 4.78 is 31.6. The van der Waals surface area contributed by atoms with Gasteiger partial charge in [0.2, 0.25) is 15.6 Å². The highest BCUT2D eigenvalue weighted by molar-refractivity contribution is 7.96. The quantitative estimate of drug-likeness (QED) is 0.259. The largest absolute Gasteiger partial charge is 0.446 e. The number of allylic oxidation sites excluding steroid dienone is 2. The fourth-order valence-corrected chi connectivity index (χ4v) is 5.68. The molecule has 1 aliphatic rings. The lowest BCUT2D eigenvalue weighted by Crippen LogP contribution is -2.44. The maximum Gasteiger partial charge on any atom is 0.303 e. The summed E-state index contributed by atoms with van der Waals surface area (Å²) in [4.78, 5) is 24.8. The summed E-state index contributed by atoms with van der Waals surface area (Å²) in [6.07, 6.45) is 14.5. The van der Waals surface area contributed by atoms with Gasteiger partial charge in [0.15, 0.2) is 5.60 Å². The highest BCUT2D eigenvalue weighted by atomic mass is 32.2. The summed E-state index contributed by atoms with van der Waals surface area (Å²) in [7, 11) is -4.02. The second-order valence-electron chi connectivity index (χ2n) is 9.09. The summed E-state index contributed by atoms with van der Waals surface area (Å²) in [6.45, 7) is 3.05. The number of unbranched alkanes of at least 4 members (excludes halogenated alkanes) is 8. The molecule has 1 aromatic rings. The number of rotatable bonds is 15. The molecule has 7 heteroatoms. The zero-order valence-corrected chi connectivity index (χ0v) is 21.2. The van der Waals surface area contributed by atoms with Crippen LogP contribution in [0.15, 0.2) is 58.4 Å². The molecule has 0 fully saturated rings. The van der Waals surface area contributed by atoms with Crippen molar-refractivity contribution in [1.82, 2.24) is 0 Å². The number of benzene rings is 1. The van der Waals surface area contributed by atoms with Crippen molar-refractivity contribution in [3.05, 3.63) is 53.5 Å². The van der Waals surface area contributed by atoms with E-state index >= 15 is 0 Å². The van der Waals surface area contributed by atoms with E-state index in [1.807, 2.05) is 6.92 Å². The van der Waals surface area contributed by atoms with Crippen LogP contribution < -0.4 is 0 Å². The van der Waals surface area contributed by atoms with Gasteiger partial charge in [-0.05, 0) is 50.5 Å². The predicted octanol–water partition coefficient (Wildman–Crippen LogP) is 5.46. The lowest BCUT2D eigenvalue weighted by atomic mass is 9.87. The molecule has 2 rings (SSSR count). The molecule has 2 unspecified atom stereocenters. The van der Waals surface area contributed by atoms with Crippen LogP contribution in [0.4, 0.5) is 0 Å². The van der Waals surface area contributed by atoms with Crippen molar-refractivity contribution >= 4 is 21.6 Å². The summed E-state index contributed by atoms with van der Waals surface area (Å²) in [5.74, 6) is -1.31. The molecule has 34 heavy (non-hydrogen) atoms. The van der Waals surface area contributed by atoms with E-state index in [0.29, 0.717) is 6.42 Å². The number of ether oxygens (including phenoxy) is 1. The molecular formula is C27H38O6S. The lowest BCUT2D eigenvalue weighted by Gasteiger charge is -2.31. The van der Waals surface area contributed by atoms with Crippen LogP contribution >= 0.6 is 0 Å². The van der Waals surface area contributed by atoms with E-state index in [4.69, 9.17) is 4.74 Å². The standard InChI is InChI=1S/C27H38O6S/c1-22(28)16-11-8-6-4-3-5-7-9-14-20-27(33-23(2)29)21-15-19-25(26(27)30)34(31,32)24-17-12-10-13-18-24/h10,12-13,15,17-19,21-22,28H,3-9,11,14,16,20H2,1-2H3. The first-order valence-corrected chi connectivity index (χ1v) is 13.8. The Morgan fingerprint density at radius 2 is 1.53 bits per heavy atom. The van der Waals surface area contributed by atoms with E-state index in [-0.39, 0.29) is 22.3 Å². The van der Waals surface area contributed by atoms with Gasteiger partial charge in [0.05, 0.1) is 11.0 Å².